The second-order valence-electron chi connectivity index (χ2n) is 7.63. The number of pyridine rings is 1. The molecule has 158 valence electrons. The Morgan fingerprint density at radius 2 is 2.13 bits per heavy atom. The van der Waals surface area contributed by atoms with Gasteiger partial charge < -0.3 is 9.73 Å². The molecular formula is C19H19N9O3. The smallest absolute Gasteiger partial charge is 0.277 e. The molecule has 4 heterocycles. The number of aromatic nitrogens is 4. The number of aryl methyl sites for hydroxylation is 1. The molecule has 2 amide bonds. The predicted octanol–water partition coefficient (Wildman–Crippen LogP) is 2.77. The molecule has 1 aliphatic rings. The van der Waals surface area contributed by atoms with Crippen molar-refractivity contribution in [2.75, 3.05) is 16.8 Å². The van der Waals surface area contributed by atoms with Crippen molar-refractivity contribution in [1.29, 1.82) is 0 Å². The summed E-state index contributed by atoms with van der Waals surface area (Å²) in [5.41, 5.74) is 9.01. The highest BCUT2D eigenvalue weighted by atomic mass is 16.3. The highest BCUT2D eigenvalue weighted by Crippen LogP contribution is 2.38. The summed E-state index contributed by atoms with van der Waals surface area (Å²) in [5.74, 6) is -0.216. The van der Waals surface area contributed by atoms with Crippen molar-refractivity contribution < 1.29 is 14.0 Å². The number of hydrogen-bond acceptors (Lipinski definition) is 7. The van der Waals surface area contributed by atoms with E-state index >= 15 is 0 Å². The van der Waals surface area contributed by atoms with Crippen LogP contribution >= 0.6 is 0 Å². The molecular weight excluding hydrogens is 402 g/mol. The summed E-state index contributed by atoms with van der Waals surface area (Å²) in [6.07, 6.45) is 6.03. The fraction of sp³-hybridized carbons (Fsp3) is 0.316. The quantitative estimate of drug-likeness (QED) is 0.379. The lowest BCUT2D eigenvalue weighted by Crippen LogP contribution is -2.33. The Morgan fingerprint density at radius 1 is 1.39 bits per heavy atom. The molecule has 1 fully saturated rings. The summed E-state index contributed by atoms with van der Waals surface area (Å²) in [6.45, 7) is 3.59. The number of carbonyl (C=O) groups is 2. The summed E-state index contributed by atoms with van der Waals surface area (Å²) in [6, 6.07) is 2.87. The van der Waals surface area contributed by atoms with Crippen molar-refractivity contribution >= 4 is 23.3 Å². The maximum Gasteiger partial charge on any atom is 0.277 e. The van der Waals surface area contributed by atoms with Gasteiger partial charge in [0.25, 0.3) is 5.91 Å². The SMILES string of the molecule is Cn1cc(NC(=O)c2coc(-c3ccncc3)n2)c(N2CC(N=[N+]=[N-])C(C)(C)C2=O)n1. The molecule has 0 saturated carbocycles. The van der Waals surface area contributed by atoms with Gasteiger partial charge in [-0.1, -0.05) is 19.0 Å². The minimum Gasteiger partial charge on any atom is -0.444 e. The van der Waals surface area contributed by atoms with Gasteiger partial charge in [0.15, 0.2) is 11.5 Å². The molecule has 12 heteroatoms. The van der Waals surface area contributed by atoms with Gasteiger partial charge >= 0.3 is 0 Å². The number of carbonyl (C=O) groups excluding carboxylic acids is 2. The van der Waals surface area contributed by atoms with E-state index in [0.29, 0.717) is 11.3 Å². The van der Waals surface area contributed by atoms with Crippen molar-refractivity contribution in [3.8, 4) is 11.5 Å². The van der Waals surface area contributed by atoms with E-state index in [0.717, 1.165) is 0 Å². The molecule has 1 unspecified atom stereocenters. The molecule has 0 aliphatic carbocycles. The number of azide groups is 1. The zero-order valence-corrected chi connectivity index (χ0v) is 17.1. The van der Waals surface area contributed by atoms with Gasteiger partial charge in [0.1, 0.15) is 12.0 Å². The third-order valence-corrected chi connectivity index (χ3v) is 5.15. The first-order chi connectivity index (χ1) is 14.8. The van der Waals surface area contributed by atoms with E-state index in [1.54, 1.807) is 51.6 Å². The molecule has 0 aromatic carbocycles. The lowest BCUT2D eigenvalue weighted by molar-refractivity contribution is -0.124. The Bertz CT molecular complexity index is 1190. The van der Waals surface area contributed by atoms with E-state index in [1.165, 1.54) is 15.8 Å². The van der Waals surface area contributed by atoms with Crippen LogP contribution in [0.25, 0.3) is 21.9 Å². The molecule has 3 aromatic rings. The Kier molecular flexibility index (Phi) is 4.91. The molecule has 1 atom stereocenters. The first kappa shape index (κ1) is 20.1. The highest BCUT2D eigenvalue weighted by molar-refractivity contribution is 6.07. The average molecular weight is 421 g/mol. The van der Waals surface area contributed by atoms with Crippen LogP contribution in [-0.4, -0.2) is 44.1 Å². The monoisotopic (exact) mass is 421 g/mol. The standard InChI is InChI=1S/C19H19N9O3/c1-19(2)14(24-26-20)9-28(18(19)30)15-12(8-27(3)25-15)22-16(29)13-10-31-17(23-13)11-4-6-21-7-5-11/h4-8,10,14H,9H2,1-3H3,(H,22,29). The minimum absolute atomic E-state index is 0.0710. The fourth-order valence-electron chi connectivity index (χ4n) is 3.36. The number of rotatable bonds is 5. The van der Waals surface area contributed by atoms with Gasteiger partial charge in [-0.05, 0) is 17.7 Å². The van der Waals surface area contributed by atoms with Crippen LogP contribution in [-0.2, 0) is 11.8 Å². The summed E-state index contributed by atoms with van der Waals surface area (Å²) in [7, 11) is 1.67. The van der Waals surface area contributed by atoms with E-state index in [2.05, 4.69) is 30.4 Å². The summed E-state index contributed by atoms with van der Waals surface area (Å²) in [5, 5.41) is 10.8. The third-order valence-electron chi connectivity index (χ3n) is 5.15. The summed E-state index contributed by atoms with van der Waals surface area (Å²) < 4.78 is 6.88. The number of oxazole rings is 1. The van der Waals surface area contributed by atoms with E-state index in [9.17, 15) is 9.59 Å². The van der Waals surface area contributed by atoms with Gasteiger partial charge in [-0.25, -0.2) is 4.98 Å². The number of nitrogens with zero attached hydrogens (tertiary/aromatic N) is 8. The molecule has 0 spiro atoms. The van der Waals surface area contributed by atoms with Crippen LogP contribution < -0.4 is 10.2 Å². The fourth-order valence-corrected chi connectivity index (χ4v) is 3.36. The summed E-state index contributed by atoms with van der Waals surface area (Å²) in [4.78, 5) is 38.1. The molecule has 31 heavy (non-hydrogen) atoms. The lowest BCUT2D eigenvalue weighted by Gasteiger charge is -2.19. The van der Waals surface area contributed by atoms with Crippen molar-refractivity contribution in [1.82, 2.24) is 19.7 Å². The third kappa shape index (κ3) is 3.60. The van der Waals surface area contributed by atoms with Gasteiger partial charge in [0, 0.05) is 36.5 Å². The van der Waals surface area contributed by atoms with E-state index < -0.39 is 17.4 Å². The first-order valence-electron chi connectivity index (χ1n) is 9.38. The van der Waals surface area contributed by atoms with E-state index in [-0.39, 0.29) is 29.9 Å². The molecule has 0 radical (unpaired) electrons. The molecule has 1 aliphatic heterocycles. The van der Waals surface area contributed by atoms with Gasteiger partial charge in [-0.15, -0.1) is 0 Å². The highest BCUT2D eigenvalue weighted by Gasteiger charge is 2.48. The topological polar surface area (TPSA) is 155 Å². The normalized spacial score (nSPS) is 17.5. The van der Waals surface area contributed by atoms with Crippen molar-refractivity contribution in [2.45, 2.75) is 19.9 Å². The molecule has 1 N–H and O–H groups in total. The van der Waals surface area contributed by atoms with Gasteiger partial charge in [-0.2, -0.15) is 5.10 Å². The largest absolute Gasteiger partial charge is 0.444 e. The predicted molar refractivity (Wildman–Crippen MR) is 110 cm³/mol. The second kappa shape index (κ2) is 7.58. The average Bonchev–Trinajstić information content (AvgIpc) is 3.43. The summed E-state index contributed by atoms with van der Waals surface area (Å²) >= 11 is 0. The lowest BCUT2D eigenvalue weighted by atomic mass is 9.88. The number of hydrogen-bond donors (Lipinski definition) is 1. The van der Waals surface area contributed by atoms with Crippen LogP contribution in [0.15, 0.2) is 46.5 Å². The minimum atomic E-state index is -0.892. The molecule has 1 saturated heterocycles. The Hall–Kier alpha value is -4.18. The zero-order chi connectivity index (χ0) is 22.2. The number of anilines is 2. The Morgan fingerprint density at radius 3 is 2.84 bits per heavy atom. The van der Waals surface area contributed by atoms with Crippen LogP contribution in [0.2, 0.25) is 0 Å². The van der Waals surface area contributed by atoms with Crippen LogP contribution in [0, 0.1) is 5.41 Å². The van der Waals surface area contributed by atoms with Crippen molar-refractivity contribution in [3.05, 3.63) is 53.1 Å². The Labute approximate surface area is 176 Å². The van der Waals surface area contributed by atoms with Crippen molar-refractivity contribution in [2.24, 2.45) is 17.6 Å². The molecule has 4 rings (SSSR count). The van der Waals surface area contributed by atoms with Crippen LogP contribution in [0.5, 0.6) is 0 Å². The van der Waals surface area contributed by atoms with Crippen molar-refractivity contribution in [3.63, 3.8) is 0 Å². The van der Waals surface area contributed by atoms with Crippen LogP contribution in [0.1, 0.15) is 24.3 Å². The zero-order valence-electron chi connectivity index (χ0n) is 17.1. The van der Waals surface area contributed by atoms with Gasteiger partial charge in [-0.3, -0.25) is 24.2 Å². The number of nitrogens with one attached hydrogen (secondary N) is 1. The number of amides is 2. The van der Waals surface area contributed by atoms with E-state index in [1.807, 2.05) is 0 Å². The Balaban J connectivity index is 1.59. The first-order valence-corrected chi connectivity index (χ1v) is 9.38. The second-order valence-corrected chi connectivity index (χ2v) is 7.63. The van der Waals surface area contributed by atoms with Crippen LogP contribution in [0.3, 0.4) is 0 Å². The van der Waals surface area contributed by atoms with Crippen LogP contribution in [0.4, 0.5) is 11.5 Å². The van der Waals surface area contributed by atoms with E-state index in [4.69, 9.17) is 9.95 Å². The molecule has 12 nitrogen and oxygen atoms in total. The molecule has 3 aromatic heterocycles. The van der Waals surface area contributed by atoms with Gasteiger partial charge in [0.2, 0.25) is 11.8 Å². The maximum atomic E-state index is 12.9. The maximum absolute atomic E-state index is 12.9. The molecule has 0 bridgehead atoms. The van der Waals surface area contributed by atoms with Gasteiger partial charge in [0.05, 0.1) is 17.7 Å².